The van der Waals surface area contributed by atoms with Crippen molar-refractivity contribution in [2.45, 2.75) is 65.5 Å². The van der Waals surface area contributed by atoms with E-state index in [0.29, 0.717) is 11.7 Å². The normalized spacial score (nSPS) is 17.4. The Hall–Kier alpha value is -1.14. The van der Waals surface area contributed by atoms with Crippen molar-refractivity contribution < 1.29 is 4.79 Å². The highest BCUT2D eigenvalue weighted by atomic mass is 35.5. The molecule has 1 aliphatic rings. The zero-order valence-electron chi connectivity index (χ0n) is 14.6. The average molecular weight is 344 g/mol. The maximum absolute atomic E-state index is 12.2. The molecule has 0 radical (unpaired) electrons. The first-order chi connectivity index (χ1) is 10.3. The van der Waals surface area contributed by atoms with Crippen LogP contribution in [0.5, 0.6) is 0 Å². The molecule has 1 aromatic heterocycles. The van der Waals surface area contributed by atoms with E-state index in [9.17, 15) is 4.79 Å². The number of rotatable bonds is 5. The molecule has 6 nitrogen and oxygen atoms in total. The van der Waals surface area contributed by atoms with Gasteiger partial charge in [0.25, 0.3) is 5.91 Å². The summed E-state index contributed by atoms with van der Waals surface area (Å²) in [5.41, 5.74) is 0.707. The number of halogens is 1. The van der Waals surface area contributed by atoms with Crippen LogP contribution in [0.1, 0.15) is 69.9 Å². The van der Waals surface area contributed by atoms with Crippen molar-refractivity contribution in [3.63, 3.8) is 0 Å². The molecular formula is C16H30ClN5O. The van der Waals surface area contributed by atoms with E-state index in [1.807, 2.05) is 11.6 Å². The molecule has 1 saturated heterocycles. The molecule has 1 unspecified atom stereocenters. The first-order valence-electron chi connectivity index (χ1n) is 8.28. The van der Waals surface area contributed by atoms with E-state index in [4.69, 9.17) is 0 Å². The predicted molar refractivity (Wildman–Crippen MR) is 94.0 cm³/mol. The van der Waals surface area contributed by atoms with Gasteiger partial charge in [0.15, 0.2) is 5.69 Å². The van der Waals surface area contributed by atoms with Gasteiger partial charge in [0.05, 0.1) is 12.2 Å². The monoisotopic (exact) mass is 343 g/mol. The lowest BCUT2D eigenvalue weighted by atomic mass is 9.89. The number of aromatic nitrogens is 3. The van der Waals surface area contributed by atoms with Crippen LogP contribution < -0.4 is 10.6 Å². The summed E-state index contributed by atoms with van der Waals surface area (Å²) in [4.78, 5) is 12.2. The molecule has 2 rings (SSSR count). The Morgan fingerprint density at radius 3 is 2.70 bits per heavy atom. The summed E-state index contributed by atoms with van der Waals surface area (Å²) in [7, 11) is 0. The second kappa shape index (κ2) is 8.64. The van der Waals surface area contributed by atoms with Crippen molar-refractivity contribution in [2.75, 3.05) is 13.1 Å². The number of carbonyl (C=O) groups is 1. The molecule has 2 N–H and O–H groups in total. The van der Waals surface area contributed by atoms with Crippen LogP contribution in [-0.4, -0.2) is 40.0 Å². The number of nitrogens with zero attached hydrogens (tertiary/aromatic N) is 3. The average Bonchev–Trinajstić information content (AvgIpc) is 2.95. The number of nitrogens with one attached hydrogen (secondary N) is 2. The molecule has 132 valence electrons. The molecule has 1 amide bonds. The Kier molecular flexibility index (Phi) is 7.48. The van der Waals surface area contributed by atoms with Crippen LogP contribution in [-0.2, 0) is 0 Å². The van der Waals surface area contributed by atoms with Crippen LogP contribution in [0.2, 0.25) is 0 Å². The third-order valence-corrected chi connectivity index (χ3v) is 4.13. The maximum atomic E-state index is 12.2. The van der Waals surface area contributed by atoms with Crippen LogP contribution >= 0.6 is 12.4 Å². The van der Waals surface area contributed by atoms with E-state index >= 15 is 0 Å². The third-order valence-electron chi connectivity index (χ3n) is 4.13. The molecule has 2 heterocycles. The fourth-order valence-electron chi connectivity index (χ4n) is 2.65. The highest BCUT2D eigenvalue weighted by Gasteiger charge is 2.20. The minimum atomic E-state index is -0.124. The third kappa shape index (κ3) is 6.47. The lowest BCUT2D eigenvalue weighted by Crippen LogP contribution is -2.33. The SMILES string of the molecule is CC(CCC(C)(C)C)NC(=O)c1cn(C2CCNCC2)nn1.Cl. The minimum Gasteiger partial charge on any atom is -0.348 e. The standard InChI is InChI=1S/C16H29N5O.ClH/c1-12(5-8-16(2,3)4)18-15(22)14-11-21(20-19-14)13-6-9-17-10-7-13;/h11-13,17H,5-10H2,1-4H3,(H,18,22);1H. The van der Waals surface area contributed by atoms with Crippen molar-refractivity contribution in [1.29, 1.82) is 0 Å². The van der Waals surface area contributed by atoms with E-state index < -0.39 is 0 Å². The van der Waals surface area contributed by atoms with Crippen LogP contribution in [0.15, 0.2) is 6.20 Å². The number of hydrogen-bond acceptors (Lipinski definition) is 4. The molecule has 0 saturated carbocycles. The van der Waals surface area contributed by atoms with E-state index in [0.717, 1.165) is 38.8 Å². The number of carbonyl (C=O) groups excluding carboxylic acids is 1. The molecule has 0 aliphatic carbocycles. The zero-order chi connectivity index (χ0) is 16.2. The lowest BCUT2D eigenvalue weighted by molar-refractivity contribution is 0.0930. The van der Waals surface area contributed by atoms with Gasteiger partial charge in [-0.3, -0.25) is 4.79 Å². The van der Waals surface area contributed by atoms with Crippen molar-refractivity contribution in [3.8, 4) is 0 Å². The Balaban J connectivity index is 0.00000264. The van der Waals surface area contributed by atoms with Crippen LogP contribution in [0.25, 0.3) is 0 Å². The Labute approximate surface area is 145 Å². The topological polar surface area (TPSA) is 71.8 Å². The maximum Gasteiger partial charge on any atom is 0.273 e. The van der Waals surface area contributed by atoms with Gasteiger partial charge >= 0.3 is 0 Å². The summed E-state index contributed by atoms with van der Waals surface area (Å²) in [6.07, 6.45) is 5.90. The van der Waals surface area contributed by atoms with E-state index in [1.165, 1.54) is 0 Å². The van der Waals surface area contributed by atoms with Gasteiger partial charge in [-0.2, -0.15) is 0 Å². The summed E-state index contributed by atoms with van der Waals surface area (Å²) >= 11 is 0. The Bertz CT molecular complexity index is 491. The van der Waals surface area contributed by atoms with Crippen molar-refractivity contribution in [1.82, 2.24) is 25.6 Å². The molecular weight excluding hydrogens is 314 g/mol. The Morgan fingerprint density at radius 2 is 2.09 bits per heavy atom. The lowest BCUT2D eigenvalue weighted by Gasteiger charge is -2.22. The van der Waals surface area contributed by atoms with E-state index in [2.05, 4.69) is 41.7 Å². The fraction of sp³-hybridized carbons (Fsp3) is 0.812. The van der Waals surface area contributed by atoms with Crippen molar-refractivity contribution in [3.05, 3.63) is 11.9 Å². The van der Waals surface area contributed by atoms with Gasteiger partial charge in [-0.25, -0.2) is 4.68 Å². The summed E-state index contributed by atoms with van der Waals surface area (Å²) in [5, 5.41) is 14.5. The zero-order valence-corrected chi connectivity index (χ0v) is 15.4. The molecule has 1 aromatic rings. The summed E-state index contributed by atoms with van der Waals surface area (Å²) in [5.74, 6) is -0.124. The van der Waals surface area contributed by atoms with Gasteiger partial charge < -0.3 is 10.6 Å². The molecule has 0 bridgehead atoms. The number of hydrogen-bond donors (Lipinski definition) is 2. The van der Waals surface area contributed by atoms with E-state index in [-0.39, 0.29) is 29.8 Å². The van der Waals surface area contributed by atoms with E-state index in [1.54, 1.807) is 6.20 Å². The van der Waals surface area contributed by atoms with Gasteiger partial charge in [-0.05, 0) is 51.1 Å². The molecule has 1 atom stereocenters. The van der Waals surface area contributed by atoms with Gasteiger partial charge in [0, 0.05) is 6.04 Å². The summed E-state index contributed by atoms with van der Waals surface area (Å²) in [6.45, 7) is 10.7. The second-order valence-corrected chi connectivity index (χ2v) is 7.54. The van der Waals surface area contributed by atoms with Crippen LogP contribution in [0.3, 0.4) is 0 Å². The first kappa shape index (κ1) is 19.9. The van der Waals surface area contributed by atoms with Gasteiger partial charge in [0.1, 0.15) is 0 Å². The number of amides is 1. The molecule has 7 heteroatoms. The molecule has 1 fully saturated rings. The van der Waals surface area contributed by atoms with Gasteiger partial charge in [0.2, 0.25) is 0 Å². The van der Waals surface area contributed by atoms with Crippen LogP contribution in [0, 0.1) is 5.41 Å². The molecule has 1 aliphatic heterocycles. The van der Waals surface area contributed by atoms with Gasteiger partial charge in [-0.15, -0.1) is 17.5 Å². The predicted octanol–water partition coefficient (Wildman–Crippen LogP) is 2.57. The largest absolute Gasteiger partial charge is 0.348 e. The highest BCUT2D eigenvalue weighted by molar-refractivity contribution is 5.92. The molecule has 0 aromatic carbocycles. The van der Waals surface area contributed by atoms with Crippen LogP contribution in [0.4, 0.5) is 0 Å². The summed E-state index contributed by atoms with van der Waals surface area (Å²) in [6, 6.07) is 0.504. The molecule has 0 spiro atoms. The first-order valence-corrected chi connectivity index (χ1v) is 8.28. The van der Waals surface area contributed by atoms with Crippen molar-refractivity contribution in [2.24, 2.45) is 5.41 Å². The van der Waals surface area contributed by atoms with Crippen molar-refractivity contribution >= 4 is 18.3 Å². The highest BCUT2D eigenvalue weighted by Crippen LogP contribution is 2.21. The minimum absolute atomic E-state index is 0. The summed E-state index contributed by atoms with van der Waals surface area (Å²) < 4.78 is 1.84. The number of piperidine rings is 1. The smallest absolute Gasteiger partial charge is 0.273 e. The Morgan fingerprint density at radius 1 is 1.43 bits per heavy atom. The van der Waals surface area contributed by atoms with Gasteiger partial charge in [-0.1, -0.05) is 26.0 Å². The molecule has 23 heavy (non-hydrogen) atoms. The quantitative estimate of drug-likeness (QED) is 0.861. The second-order valence-electron chi connectivity index (χ2n) is 7.54. The fourth-order valence-corrected chi connectivity index (χ4v) is 2.65.